The highest BCUT2D eigenvalue weighted by Gasteiger charge is 2.45. The third-order valence-electron chi connectivity index (χ3n) is 9.29. The fraction of sp³-hybridized carbons (Fsp3) is 0.583. The van der Waals surface area contributed by atoms with Crippen LogP contribution in [-0.4, -0.2) is 4.98 Å². The maximum Gasteiger partial charge on any atom is 0.0372 e. The SMILES string of the molecule is CC1CC2CC2C1.CC1CCC1.C[C@@H]1CCC2CC21.Cc1ccc2ccccc2c1.Cc1ccccn1. The lowest BCUT2D eigenvalue weighted by Gasteiger charge is -2.18. The summed E-state index contributed by atoms with van der Waals surface area (Å²) < 4.78 is 0. The summed E-state index contributed by atoms with van der Waals surface area (Å²) in [5, 5.41) is 2.64. The summed E-state index contributed by atoms with van der Waals surface area (Å²) in [5.74, 6) is 7.98. The van der Waals surface area contributed by atoms with Crippen molar-refractivity contribution in [3.63, 3.8) is 0 Å². The predicted molar refractivity (Wildman–Crippen MR) is 161 cm³/mol. The zero-order chi connectivity index (χ0) is 26.2. The van der Waals surface area contributed by atoms with Crippen molar-refractivity contribution in [2.45, 2.75) is 92.4 Å². The van der Waals surface area contributed by atoms with E-state index in [0.29, 0.717) is 0 Å². The molecule has 5 saturated carbocycles. The first kappa shape index (κ1) is 27.9. The van der Waals surface area contributed by atoms with Crippen LogP contribution in [0.5, 0.6) is 0 Å². The Bertz CT molecular complexity index is 1060. The standard InChI is InChI=1S/C11H10.2C7H12.C6H7N.C5H10/c1-9-6-7-10-4-2-3-5-11(10)8-9;1-5-2-6-4-7(6)3-5;1-5-2-3-6-4-7(5)6;1-6-4-2-3-5-7-6;1-5-3-2-4-5/h2-8H,1H3;2*5-7H,2-4H2,1H3;2-5H,1H3;5H,2-4H2,1H3/t;;5-,6?,7?;;/m..1../s1. The molecule has 1 heteroatoms. The van der Waals surface area contributed by atoms with Gasteiger partial charge in [-0.3, -0.25) is 4.98 Å². The molecule has 1 heterocycles. The topological polar surface area (TPSA) is 12.9 Å². The van der Waals surface area contributed by atoms with Crippen molar-refractivity contribution in [2.75, 3.05) is 0 Å². The lowest BCUT2D eigenvalue weighted by molar-refractivity contribution is 0.346. The fourth-order valence-electron chi connectivity index (χ4n) is 6.38. The summed E-state index contributed by atoms with van der Waals surface area (Å²) in [4.78, 5) is 3.98. The van der Waals surface area contributed by atoms with Gasteiger partial charge in [0.2, 0.25) is 0 Å². The van der Waals surface area contributed by atoms with Gasteiger partial charge in [0.05, 0.1) is 0 Å². The average Bonchev–Trinajstić information content (AvgIpc) is 3.76. The van der Waals surface area contributed by atoms with Gasteiger partial charge in [-0.2, -0.15) is 0 Å². The average molecular weight is 498 g/mol. The van der Waals surface area contributed by atoms with E-state index in [0.717, 1.165) is 23.4 Å². The Kier molecular flexibility index (Phi) is 10.2. The second kappa shape index (κ2) is 13.6. The molecule has 5 aliphatic rings. The van der Waals surface area contributed by atoms with Crippen LogP contribution in [0.15, 0.2) is 66.9 Å². The van der Waals surface area contributed by atoms with Gasteiger partial charge in [0, 0.05) is 11.9 Å². The fourth-order valence-corrected chi connectivity index (χ4v) is 6.38. The van der Waals surface area contributed by atoms with Crippen molar-refractivity contribution in [3.05, 3.63) is 78.1 Å². The lowest BCUT2D eigenvalue weighted by Crippen LogP contribution is -2.04. The van der Waals surface area contributed by atoms with Crippen LogP contribution in [-0.2, 0) is 0 Å². The van der Waals surface area contributed by atoms with Gasteiger partial charge in [-0.25, -0.2) is 0 Å². The predicted octanol–water partition coefficient (Wildman–Crippen LogP) is 10.4. The molecule has 2 aromatic carbocycles. The van der Waals surface area contributed by atoms with Gasteiger partial charge in [-0.15, -0.1) is 0 Å². The Balaban J connectivity index is 0.000000111. The molecule has 0 spiro atoms. The zero-order valence-electron chi connectivity index (χ0n) is 24.2. The number of aromatic nitrogens is 1. The van der Waals surface area contributed by atoms with Crippen LogP contribution >= 0.6 is 0 Å². The molecule has 0 radical (unpaired) electrons. The molecule has 0 N–H and O–H groups in total. The molecule has 1 aromatic heterocycles. The van der Waals surface area contributed by atoms with E-state index in [4.69, 9.17) is 0 Å². The zero-order valence-corrected chi connectivity index (χ0v) is 24.2. The molecule has 0 aliphatic heterocycles. The maximum atomic E-state index is 3.98. The second-order valence-corrected chi connectivity index (χ2v) is 12.9. The molecule has 5 aliphatic carbocycles. The first-order chi connectivity index (χ1) is 17.9. The van der Waals surface area contributed by atoms with Gasteiger partial charge in [0.1, 0.15) is 0 Å². The van der Waals surface area contributed by atoms with Crippen molar-refractivity contribution >= 4 is 10.8 Å². The summed E-state index contributed by atoms with van der Waals surface area (Å²) in [6, 6.07) is 20.8. The van der Waals surface area contributed by atoms with E-state index in [1.807, 2.05) is 25.1 Å². The van der Waals surface area contributed by atoms with E-state index < -0.39 is 0 Å². The van der Waals surface area contributed by atoms with Crippen molar-refractivity contribution in [1.82, 2.24) is 4.98 Å². The largest absolute Gasteiger partial charge is 0.262 e. The number of pyridine rings is 1. The summed E-state index contributed by atoms with van der Waals surface area (Å²) >= 11 is 0. The van der Waals surface area contributed by atoms with E-state index in [1.54, 1.807) is 38.3 Å². The molecule has 37 heavy (non-hydrogen) atoms. The highest BCUT2D eigenvalue weighted by Crippen LogP contribution is 2.55. The molecular formula is C36H51N. The molecule has 4 unspecified atom stereocenters. The van der Waals surface area contributed by atoms with Crippen molar-refractivity contribution in [3.8, 4) is 0 Å². The Morgan fingerprint density at radius 1 is 0.622 bits per heavy atom. The number of aryl methyl sites for hydroxylation is 2. The molecule has 5 atom stereocenters. The normalized spacial score (nSPS) is 29.8. The quantitative estimate of drug-likeness (QED) is 0.301. The molecular weight excluding hydrogens is 446 g/mol. The van der Waals surface area contributed by atoms with Gasteiger partial charge < -0.3 is 0 Å². The first-order valence-corrected chi connectivity index (χ1v) is 15.2. The van der Waals surface area contributed by atoms with E-state index in [1.165, 1.54) is 65.7 Å². The Morgan fingerprint density at radius 2 is 1.30 bits per heavy atom. The number of nitrogens with zero attached hydrogens (tertiary/aromatic N) is 1. The van der Waals surface area contributed by atoms with Crippen molar-refractivity contribution < 1.29 is 0 Å². The second-order valence-electron chi connectivity index (χ2n) is 12.9. The summed E-state index contributed by atoms with van der Waals surface area (Å²) in [6.45, 7) is 11.2. The minimum Gasteiger partial charge on any atom is -0.262 e. The number of fused-ring (bicyclic) bond motifs is 3. The molecule has 1 nitrogen and oxygen atoms in total. The smallest absolute Gasteiger partial charge is 0.0372 e. The molecule has 0 saturated heterocycles. The van der Waals surface area contributed by atoms with E-state index in [9.17, 15) is 0 Å². The number of rotatable bonds is 0. The van der Waals surface area contributed by atoms with Crippen LogP contribution in [0.1, 0.15) is 89.8 Å². The minimum atomic E-state index is 1.06. The monoisotopic (exact) mass is 497 g/mol. The van der Waals surface area contributed by atoms with Crippen LogP contribution in [0, 0.1) is 55.3 Å². The first-order valence-electron chi connectivity index (χ1n) is 15.2. The summed E-state index contributed by atoms with van der Waals surface area (Å²) in [6.07, 6.45) is 15.6. The molecule has 3 aromatic rings. The Morgan fingerprint density at radius 3 is 1.68 bits per heavy atom. The lowest BCUT2D eigenvalue weighted by atomic mass is 9.88. The van der Waals surface area contributed by atoms with E-state index in [-0.39, 0.29) is 0 Å². The van der Waals surface area contributed by atoms with Gasteiger partial charge in [-0.1, -0.05) is 101 Å². The maximum absolute atomic E-state index is 3.98. The number of hydrogen-bond acceptors (Lipinski definition) is 1. The third-order valence-corrected chi connectivity index (χ3v) is 9.29. The molecule has 5 fully saturated rings. The molecule has 8 rings (SSSR count). The van der Waals surface area contributed by atoms with Gasteiger partial charge in [0.25, 0.3) is 0 Å². The number of benzene rings is 2. The summed E-state index contributed by atoms with van der Waals surface area (Å²) in [5.41, 5.74) is 2.39. The van der Waals surface area contributed by atoms with Crippen LogP contribution in [0.4, 0.5) is 0 Å². The van der Waals surface area contributed by atoms with Crippen LogP contribution in [0.25, 0.3) is 10.8 Å². The van der Waals surface area contributed by atoms with Crippen LogP contribution in [0.3, 0.4) is 0 Å². The van der Waals surface area contributed by atoms with Gasteiger partial charge in [-0.05, 0) is 110 Å². The van der Waals surface area contributed by atoms with E-state index >= 15 is 0 Å². The minimum absolute atomic E-state index is 1.06. The highest BCUT2D eigenvalue weighted by molar-refractivity contribution is 5.82. The van der Waals surface area contributed by atoms with E-state index in [2.05, 4.69) is 75.1 Å². The van der Waals surface area contributed by atoms with Crippen molar-refractivity contribution in [2.24, 2.45) is 41.4 Å². The van der Waals surface area contributed by atoms with Crippen molar-refractivity contribution in [1.29, 1.82) is 0 Å². The van der Waals surface area contributed by atoms with Gasteiger partial charge >= 0.3 is 0 Å². The van der Waals surface area contributed by atoms with Crippen LogP contribution < -0.4 is 0 Å². The number of hydrogen-bond donors (Lipinski definition) is 0. The molecule has 0 amide bonds. The molecule has 0 bridgehead atoms. The Hall–Kier alpha value is -2.15. The highest BCUT2D eigenvalue weighted by atomic mass is 14.6. The molecule has 200 valence electrons. The van der Waals surface area contributed by atoms with Gasteiger partial charge in [0.15, 0.2) is 0 Å². The third kappa shape index (κ3) is 9.27. The van der Waals surface area contributed by atoms with Crippen LogP contribution in [0.2, 0.25) is 0 Å². The Labute approximate surface area is 227 Å². The summed E-state index contributed by atoms with van der Waals surface area (Å²) in [7, 11) is 0.